The van der Waals surface area contributed by atoms with E-state index in [0.29, 0.717) is 18.3 Å². The van der Waals surface area contributed by atoms with Crippen molar-refractivity contribution in [3.8, 4) is 0 Å². The Morgan fingerprint density at radius 1 is 1.30 bits per heavy atom. The first-order valence-electron chi connectivity index (χ1n) is 6.81. The Kier molecular flexibility index (Phi) is 5.15. The minimum atomic E-state index is -0.161. The number of anilines is 1. The molecule has 2 aromatic rings. The predicted octanol–water partition coefficient (Wildman–Crippen LogP) is 4.02. The number of rotatable bonds is 6. The molecule has 1 aromatic carbocycles. The van der Waals surface area contributed by atoms with Gasteiger partial charge in [0.1, 0.15) is 5.82 Å². The van der Waals surface area contributed by atoms with Crippen molar-refractivity contribution in [3.63, 3.8) is 0 Å². The molecule has 0 amide bonds. The first-order valence-corrected chi connectivity index (χ1v) is 7.75. The van der Waals surface area contributed by atoms with Gasteiger partial charge in [0, 0.05) is 26.2 Å². The normalized spacial score (nSPS) is 11.1. The molecule has 108 valence electrons. The number of hydrogen-bond donors (Lipinski definition) is 1. The average molecular weight is 292 g/mol. The third-order valence-corrected chi connectivity index (χ3v) is 3.88. The Morgan fingerprint density at radius 3 is 2.75 bits per heavy atom. The zero-order valence-corrected chi connectivity index (χ0v) is 13.0. The van der Waals surface area contributed by atoms with Crippen LogP contribution in [0, 0.1) is 5.82 Å². The number of thiophene rings is 1. The molecule has 0 unspecified atom stereocenters. The third-order valence-electron chi connectivity index (χ3n) is 3.15. The van der Waals surface area contributed by atoms with Crippen molar-refractivity contribution in [2.75, 3.05) is 11.9 Å². The van der Waals surface area contributed by atoms with E-state index in [1.165, 1.54) is 11.6 Å². The van der Waals surface area contributed by atoms with Gasteiger partial charge in [0.05, 0.1) is 5.69 Å². The minimum absolute atomic E-state index is 0.161. The van der Waals surface area contributed by atoms with Gasteiger partial charge in [-0.05, 0) is 34.0 Å². The van der Waals surface area contributed by atoms with Crippen LogP contribution in [0.5, 0.6) is 0 Å². The highest BCUT2D eigenvalue weighted by atomic mass is 32.1. The van der Waals surface area contributed by atoms with Crippen LogP contribution in [0.2, 0.25) is 0 Å². The second kappa shape index (κ2) is 6.86. The molecule has 0 saturated heterocycles. The number of para-hydroxylation sites is 1. The lowest BCUT2D eigenvalue weighted by Gasteiger charge is -2.23. The lowest BCUT2D eigenvalue weighted by molar-refractivity contribution is 0.579. The average Bonchev–Trinajstić information content (AvgIpc) is 2.88. The fraction of sp³-hybridized carbons (Fsp3) is 0.375. The Hall–Kier alpha value is -1.39. The number of benzene rings is 1. The maximum Gasteiger partial charge on any atom is 0.146 e. The van der Waals surface area contributed by atoms with Gasteiger partial charge in [-0.2, -0.15) is 11.3 Å². The summed E-state index contributed by atoms with van der Waals surface area (Å²) >= 11 is 1.67. The molecular weight excluding hydrogens is 271 g/mol. The van der Waals surface area contributed by atoms with Gasteiger partial charge in [-0.1, -0.05) is 26.0 Å². The number of hydrogen-bond acceptors (Lipinski definition) is 3. The van der Waals surface area contributed by atoms with Gasteiger partial charge in [0.15, 0.2) is 0 Å². The molecule has 0 bridgehead atoms. The fourth-order valence-electron chi connectivity index (χ4n) is 2.18. The van der Waals surface area contributed by atoms with Crippen LogP contribution in [0.3, 0.4) is 0 Å². The van der Waals surface area contributed by atoms with E-state index < -0.39 is 0 Å². The van der Waals surface area contributed by atoms with Crippen molar-refractivity contribution in [3.05, 3.63) is 52.0 Å². The van der Waals surface area contributed by atoms with Gasteiger partial charge < -0.3 is 10.2 Å². The second-order valence-corrected chi connectivity index (χ2v) is 6.05. The summed E-state index contributed by atoms with van der Waals surface area (Å²) in [6, 6.07) is 7.74. The highest BCUT2D eigenvalue weighted by Crippen LogP contribution is 2.25. The molecule has 1 heterocycles. The van der Waals surface area contributed by atoms with Crippen LogP contribution in [0.15, 0.2) is 35.0 Å². The Morgan fingerprint density at radius 2 is 2.10 bits per heavy atom. The van der Waals surface area contributed by atoms with E-state index in [1.807, 2.05) is 23.4 Å². The highest BCUT2D eigenvalue weighted by molar-refractivity contribution is 7.07. The zero-order valence-electron chi connectivity index (χ0n) is 12.2. The van der Waals surface area contributed by atoms with Crippen LogP contribution >= 0.6 is 11.3 Å². The van der Waals surface area contributed by atoms with E-state index in [0.717, 1.165) is 12.1 Å². The van der Waals surface area contributed by atoms with Gasteiger partial charge in [-0.15, -0.1) is 0 Å². The minimum Gasteiger partial charge on any atom is -0.368 e. The number of nitrogens with zero attached hydrogens (tertiary/aromatic N) is 1. The summed E-state index contributed by atoms with van der Waals surface area (Å²) in [7, 11) is 1.94. The van der Waals surface area contributed by atoms with Crippen molar-refractivity contribution < 1.29 is 4.39 Å². The predicted molar refractivity (Wildman–Crippen MR) is 84.8 cm³/mol. The molecule has 0 atom stereocenters. The second-order valence-electron chi connectivity index (χ2n) is 5.27. The van der Waals surface area contributed by atoms with E-state index in [4.69, 9.17) is 0 Å². The first kappa shape index (κ1) is 15.0. The Labute approximate surface area is 124 Å². The molecule has 2 rings (SSSR count). The molecule has 2 nitrogen and oxygen atoms in total. The van der Waals surface area contributed by atoms with Crippen LogP contribution in [0.4, 0.5) is 10.1 Å². The summed E-state index contributed by atoms with van der Waals surface area (Å²) < 4.78 is 14.2. The third kappa shape index (κ3) is 3.81. The van der Waals surface area contributed by atoms with Gasteiger partial charge in [-0.25, -0.2) is 4.39 Å². The summed E-state index contributed by atoms with van der Waals surface area (Å²) in [5, 5.41) is 7.50. The topological polar surface area (TPSA) is 15.3 Å². The number of halogens is 1. The summed E-state index contributed by atoms with van der Waals surface area (Å²) in [4.78, 5) is 1.98. The maximum absolute atomic E-state index is 14.2. The molecule has 0 spiro atoms. The standard InChI is InChI=1S/C16H21FN2S/c1-12(2)18-9-14-5-4-6-15(17)16(14)19(3)10-13-7-8-20-11-13/h4-8,11-12,18H,9-10H2,1-3H3. The molecule has 4 heteroatoms. The van der Waals surface area contributed by atoms with E-state index in [-0.39, 0.29) is 5.82 Å². The molecule has 0 saturated carbocycles. The van der Waals surface area contributed by atoms with E-state index in [1.54, 1.807) is 17.4 Å². The van der Waals surface area contributed by atoms with Crippen molar-refractivity contribution in [1.29, 1.82) is 0 Å². The molecule has 0 aliphatic rings. The monoisotopic (exact) mass is 292 g/mol. The quantitative estimate of drug-likeness (QED) is 0.865. The molecule has 1 aromatic heterocycles. The van der Waals surface area contributed by atoms with Crippen molar-refractivity contribution in [2.24, 2.45) is 0 Å². The van der Waals surface area contributed by atoms with Crippen LogP contribution in [-0.2, 0) is 13.1 Å². The highest BCUT2D eigenvalue weighted by Gasteiger charge is 2.13. The zero-order chi connectivity index (χ0) is 14.5. The molecule has 0 aliphatic carbocycles. The SMILES string of the molecule is CC(C)NCc1cccc(F)c1N(C)Cc1ccsc1. The molecule has 0 radical (unpaired) electrons. The van der Waals surface area contributed by atoms with Crippen LogP contribution in [-0.4, -0.2) is 13.1 Å². The van der Waals surface area contributed by atoms with E-state index in [9.17, 15) is 4.39 Å². The smallest absolute Gasteiger partial charge is 0.146 e. The maximum atomic E-state index is 14.2. The molecule has 0 aliphatic heterocycles. The van der Waals surface area contributed by atoms with Gasteiger partial charge in [-0.3, -0.25) is 0 Å². The van der Waals surface area contributed by atoms with Gasteiger partial charge in [0.25, 0.3) is 0 Å². The van der Waals surface area contributed by atoms with Crippen LogP contribution in [0.1, 0.15) is 25.0 Å². The van der Waals surface area contributed by atoms with E-state index >= 15 is 0 Å². The van der Waals surface area contributed by atoms with E-state index in [2.05, 4.69) is 30.6 Å². The number of nitrogens with one attached hydrogen (secondary N) is 1. The summed E-state index contributed by atoms with van der Waals surface area (Å²) in [5.74, 6) is -0.161. The van der Waals surface area contributed by atoms with Gasteiger partial charge >= 0.3 is 0 Å². The lowest BCUT2D eigenvalue weighted by atomic mass is 10.1. The van der Waals surface area contributed by atoms with Crippen LogP contribution in [0.25, 0.3) is 0 Å². The lowest BCUT2D eigenvalue weighted by Crippen LogP contribution is -2.25. The van der Waals surface area contributed by atoms with Crippen LogP contribution < -0.4 is 10.2 Å². The summed E-state index contributed by atoms with van der Waals surface area (Å²) in [5.41, 5.74) is 2.90. The molecule has 1 N–H and O–H groups in total. The summed E-state index contributed by atoms with van der Waals surface area (Å²) in [6.45, 7) is 5.58. The molecular formula is C16H21FN2S. The summed E-state index contributed by atoms with van der Waals surface area (Å²) in [6.07, 6.45) is 0. The molecule has 20 heavy (non-hydrogen) atoms. The largest absolute Gasteiger partial charge is 0.368 e. The van der Waals surface area contributed by atoms with Crippen molar-refractivity contribution in [2.45, 2.75) is 33.0 Å². The van der Waals surface area contributed by atoms with Crippen molar-refractivity contribution >= 4 is 17.0 Å². The Balaban J connectivity index is 2.19. The first-order chi connectivity index (χ1) is 9.58. The van der Waals surface area contributed by atoms with Crippen molar-refractivity contribution in [1.82, 2.24) is 5.32 Å². The van der Waals surface area contributed by atoms with Gasteiger partial charge in [0.2, 0.25) is 0 Å². The molecule has 0 fully saturated rings. The fourth-order valence-corrected chi connectivity index (χ4v) is 2.84. The Bertz CT molecular complexity index is 537.